The number of carbonyl (C=O) groups is 2. The van der Waals surface area contributed by atoms with E-state index in [0.29, 0.717) is 6.42 Å². The van der Waals surface area contributed by atoms with E-state index < -0.39 is 11.9 Å². The van der Waals surface area contributed by atoms with Gasteiger partial charge in [-0.3, -0.25) is 4.79 Å². The van der Waals surface area contributed by atoms with Crippen molar-refractivity contribution < 1.29 is 14.7 Å². The number of rotatable bonds is 6. The zero-order valence-corrected chi connectivity index (χ0v) is 11.3. The first-order valence-corrected chi connectivity index (χ1v) is 6.38. The van der Waals surface area contributed by atoms with E-state index in [4.69, 9.17) is 5.11 Å². The summed E-state index contributed by atoms with van der Waals surface area (Å²) in [5.41, 5.74) is 1.68. The third-order valence-corrected chi connectivity index (χ3v) is 2.89. The van der Waals surface area contributed by atoms with Crippen LogP contribution in [0, 0.1) is 12.8 Å². The highest BCUT2D eigenvalue weighted by Crippen LogP contribution is 2.12. The maximum Gasteiger partial charge on any atom is 0.319 e. The zero-order valence-electron chi connectivity index (χ0n) is 11.3. The van der Waals surface area contributed by atoms with Crippen molar-refractivity contribution in [2.24, 2.45) is 5.92 Å². The molecule has 3 N–H and O–H groups in total. The predicted molar refractivity (Wildman–Crippen MR) is 74.2 cm³/mol. The number of aliphatic carboxylic acids is 1. The summed E-state index contributed by atoms with van der Waals surface area (Å²) >= 11 is 0. The molecular weight excluding hydrogens is 244 g/mol. The van der Waals surface area contributed by atoms with Gasteiger partial charge in [-0.1, -0.05) is 31.5 Å². The number of urea groups is 1. The third-order valence-electron chi connectivity index (χ3n) is 2.89. The molecule has 1 aromatic carbocycles. The van der Waals surface area contributed by atoms with Crippen LogP contribution in [0.25, 0.3) is 0 Å². The molecule has 2 amide bonds. The number of para-hydroxylation sites is 1. The van der Waals surface area contributed by atoms with Crippen molar-refractivity contribution >= 4 is 17.7 Å². The summed E-state index contributed by atoms with van der Waals surface area (Å²) < 4.78 is 0. The number of benzene rings is 1. The summed E-state index contributed by atoms with van der Waals surface area (Å²) in [5.74, 6) is -1.41. The molecule has 0 aliphatic heterocycles. The number of hydrogen-bond acceptors (Lipinski definition) is 2. The van der Waals surface area contributed by atoms with Crippen LogP contribution in [0.15, 0.2) is 24.3 Å². The monoisotopic (exact) mass is 264 g/mol. The molecule has 1 unspecified atom stereocenters. The summed E-state index contributed by atoms with van der Waals surface area (Å²) in [4.78, 5) is 22.6. The Balaban J connectivity index is 2.47. The molecule has 0 fully saturated rings. The van der Waals surface area contributed by atoms with Gasteiger partial charge in [-0.15, -0.1) is 0 Å². The van der Waals surface area contributed by atoms with Crippen LogP contribution in [0.1, 0.15) is 25.3 Å². The van der Waals surface area contributed by atoms with Crippen LogP contribution in [0.2, 0.25) is 0 Å². The minimum atomic E-state index is -0.877. The van der Waals surface area contributed by atoms with Gasteiger partial charge in [0, 0.05) is 12.2 Å². The summed E-state index contributed by atoms with van der Waals surface area (Å²) in [5, 5.41) is 14.3. The second-order valence-electron chi connectivity index (χ2n) is 4.47. The zero-order chi connectivity index (χ0) is 14.3. The fraction of sp³-hybridized carbons (Fsp3) is 0.429. The molecule has 0 radical (unpaired) electrons. The summed E-state index contributed by atoms with van der Waals surface area (Å²) in [6, 6.07) is 7.04. The van der Waals surface area contributed by atoms with Crippen molar-refractivity contribution in [2.45, 2.75) is 26.7 Å². The lowest BCUT2D eigenvalue weighted by molar-refractivity contribution is -0.141. The van der Waals surface area contributed by atoms with E-state index in [-0.39, 0.29) is 12.6 Å². The summed E-state index contributed by atoms with van der Waals surface area (Å²) in [6.45, 7) is 3.96. The van der Waals surface area contributed by atoms with Crippen molar-refractivity contribution in [3.63, 3.8) is 0 Å². The highest BCUT2D eigenvalue weighted by atomic mass is 16.4. The summed E-state index contributed by atoms with van der Waals surface area (Å²) in [6.07, 6.45) is 1.33. The van der Waals surface area contributed by atoms with Gasteiger partial charge >= 0.3 is 12.0 Å². The molecular formula is C14H20N2O3. The van der Waals surface area contributed by atoms with E-state index >= 15 is 0 Å². The van der Waals surface area contributed by atoms with E-state index in [2.05, 4.69) is 10.6 Å². The highest BCUT2D eigenvalue weighted by Gasteiger charge is 2.17. The van der Waals surface area contributed by atoms with Gasteiger partial charge in [0.15, 0.2) is 0 Å². The Kier molecular flexibility index (Phi) is 5.85. The minimum absolute atomic E-state index is 0.140. The molecule has 0 spiro atoms. The van der Waals surface area contributed by atoms with Crippen LogP contribution in [-0.2, 0) is 4.79 Å². The summed E-state index contributed by atoms with van der Waals surface area (Å²) in [7, 11) is 0. The van der Waals surface area contributed by atoms with Gasteiger partial charge in [0.2, 0.25) is 0 Å². The molecule has 0 aliphatic rings. The van der Waals surface area contributed by atoms with Crippen molar-refractivity contribution in [3.8, 4) is 0 Å². The fourth-order valence-corrected chi connectivity index (χ4v) is 1.76. The lowest BCUT2D eigenvalue weighted by Gasteiger charge is -2.13. The number of nitrogens with one attached hydrogen (secondary N) is 2. The molecule has 104 valence electrons. The molecule has 0 saturated carbocycles. The lowest BCUT2D eigenvalue weighted by Crippen LogP contribution is -2.35. The van der Waals surface area contributed by atoms with E-state index in [1.165, 1.54) is 0 Å². The Bertz CT molecular complexity index is 446. The maximum atomic E-state index is 11.7. The molecule has 0 saturated heterocycles. The van der Waals surface area contributed by atoms with E-state index in [1.807, 2.05) is 32.0 Å². The average molecular weight is 264 g/mol. The van der Waals surface area contributed by atoms with Crippen LogP contribution in [0.3, 0.4) is 0 Å². The Morgan fingerprint density at radius 1 is 1.32 bits per heavy atom. The smallest absolute Gasteiger partial charge is 0.319 e. The standard InChI is InChI=1S/C14H20N2O3/c1-3-6-11(13(17)18)9-15-14(19)16-12-8-5-4-7-10(12)2/h4-5,7-8,11H,3,6,9H2,1-2H3,(H,17,18)(H2,15,16,19). The van der Waals surface area contributed by atoms with Crippen molar-refractivity contribution in [1.29, 1.82) is 0 Å². The van der Waals surface area contributed by atoms with Gasteiger partial charge in [-0.2, -0.15) is 0 Å². The van der Waals surface area contributed by atoms with Gasteiger partial charge in [0.05, 0.1) is 5.92 Å². The number of amides is 2. The largest absolute Gasteiger partial charge is 0.481 e. The minimum Gasteiger partial charge on any atom is -0.481 e. The Labute approximate surface area is 113 Å². The van der Waals surface area contributed by atoms with Gasteiger partial charge < -0.3 is 15.7 Å². The molecule has 5 heteroatoms. The molecule has 1 aromatic rings. The second-order valence-corrected chi connectivity index (χ2v) is 4.47. The first-order valence-electron chi connectivity index (χ1n) is 6.38. The van der Waals surface area contributed by atoms with Gasteiger partial charge in [0.25, 0.3) is 0 Å². The van der Waals surface area contributed by atoms with Gasteiger partial charge in [-0.05, 0) is 25.0 Å². The molecule has 0 heterocycles. The van der Waals surface area contributed by atoms with Crippen molar-refractivity contribution in [2.75, 3.05) is 11.9 Å². The average Bonchev–Trinajstić information content (AvgIpc) is 2.37. The van der Waals surface area contributed by atoms with Crippen molar-refractivity contribution in [1.82, 2.24) is 5.32 Å². The normalized spacial score (nSPS) is 11.7. The number of carboxylic acids is 1. The first-order chi connectivity index (χ1) is 9.04. The Morgan fingerprint density at radius 2 is 2.00 bits per heavy atom. The highest BCUT2D eigenvalue weighted by molar-refractivity contribution is 5.90. The fourth-order valence-electron chi connectivity index (χ4n) is 1.76. The Hall–Kier alpha value is -2.04. The molecule has 5 nitrogen and oxygen atoms in total. The van der Waals surface area contributed by atoms with Gasteiger partial charge in [-0.25, -0.2) is 4.79 Å². The third kappa shape index (κ3) is 4.99. The van der Waals surface area contributed by atoms with Crippen LogP contribution < -0.4 is 10.6 Å². The van der Waals surface area contributed by atoms with E-state index in [0.717, 1.165) is 17.7 Å². The SMILES string of the molecule is CCCC(CNC(=O)Nc1ccccc1C)C(=O)O. The van der Waals surface area contributed by atoms with Crippen LogP contribution >= 0.6 is 0 Å². The van der Waals surface area contributed by atoms with Crippen molar-refractivity contribution in [3.05, 3.63) is 29.8 Å². The molecule has 19 heavy (non-hydrogen) atoms. The number of hydrogen-bond donors (Lipinski definition) is 3. The number of carbonyl (C=O) groups excluding carboxylic acids is 1. The van der Waals surface area contributed by atoms with E-state index in [9.17, 15) is 9.59 Å². The lowest BCUT2D eigenvalue weighted by atomic mass is 10.0. The van der Waals surface area contributed by atoms with Gasteiger partial charge in [0.1, 0.15) is 0 Å². The molecule has 1 atom stereocenters. The predicted octanol–water partition coefficient (Wildman–Crippen LogP) is 2.62. The Morgan fingerprint density at radius 3 is 2.58 bits per heavy atom. The quantitative estimate of drug-likeness (QED) is 0.739. The van der Waals surface area contributed by atoms with Crippen LogP contribution in [-0.4, -0.2) is 23.7 Å². The second kappa shape index (κ2) is 7.41. The van der Waals surface area contributed by atoms with Crippen LogP contribution in [0.4, 0.5) is 10.5 Å². The topological polar surface area (TPSA) is 78.4 Å². The molecule has 1 rings (SSSR count). The van der Waals surface area contributed by atoms with E-state index in [1.54, 1.807) is 6.07 Å². The number of anilines is 1. The first kappa shape index (κ1) is 15.0. The number of carboxylic acid groups (broad SMARTS) is 1. The molecule has 0 aliphatic carbocycles. The van der Waals surface area contributed by atoms with Crippen LogP contribution in [0.5, 0.6) is 0 Å². The maximum absolute atomic E-state index is 11.7. The molecule has 0 aromatic heterocycles. The molecule has 0 bridgehead atoms. The number of aryl methyl sites for hydroxylation is 1.